The molecule has 0 saturated carbocycles. The number of thiazole rings is 1. The van der Waals surface area contributed by atoms with E-state index >= 15 is 0 Å². The Morgan fingerprint density at radius 2 is 1.97 bits per heavy atom. The van der Waals surface area contributed by atoms with E-state index in [1.807, 2.05) is 4.90 Å². The first-order valence-corrected chi connectivity index (χ1v) is 11.1. The number of ether oxygens (including phenoxy) is 1. The standard InChI is InChI=1S/C24H28N2O2S/c1-15-10-18(4)23-21(11-15)25-24(29-23)26(14-20-6-5-9-28-20)22(27)13-19-8-7-16(2)17(3)12-19/h7-8,10-12,20H,5-6,9,13-14H2,1-4H3. The molecule has 0 N–H and O–H groups in total. The number of anilines is 1. The normalized spacial score (nSPS) is 16.5. The summed E-state index contributed by atoms with van der Waals surface area (Å²) in [6.45, 7) is 9.73. The van der Waals surface area contributed by atoms with E-state index in [9.17, 15) is 4.79 Å². The first kappa shape index (κ1) is 20.0. The Labute approximate surface area is 176 Å². The van der Waals surface area contributed by atoms with E-state index in [4.69, 9.17) is 9.72 Å². The molecule has 5 heteroatoms. The molecule has 2 heterocycles. The molecule has 1 aromatic heterocycles. The third-order valence-electron chi connectivity index (χ3n) is 5.68. The average Bonchev–Trinajstić information content (AvgIpc) is 3.32. The Morgan fingerprint density at radius 1 is 1.14 bits per heavy atom. The molecule has 1 atom stereocenters. The highest BCUT2D eigenvalue weighted by molar-refractivity contribution is 7.22. The molecular weight excluding hydrogens is 380 g/mol. The fourth-order valence-corrected chi connectivity index (χ4v) is 4.98. The molecule has 0 bridgehead atoms. The second-order valence-corrected chi connectivity index (χ2v) is 9.14. The molecule has 1 amide bonds. The highest BCUT2D eigenvalue weighted by Gasteiger charge is 2.26. The highest BCUT2D eigenvalue weighted by atomic mass is 32.1. The summed E-state index contributed by atoms with van der Waals surface area (Å²) in [6.07, 6.45) is 2.52. The molecule has 152 valence electrons. The van der Waals surface area contributed by atoms with E-state index < -0.39 is 0 Å². The van der Waals surface area contributed by atoms with Gasteiger partial charge < -0.3 is 4.74 Å². The van der Waals surface area contributed by atoms with Gasteiger partial charge in [-0.1, -0.05) is 35.6 Å². The third kappa shape index (κ3) is 4.36. The Balaban J connectivity index is 1.66. The molecule has 0 radical (unpaired) electrons. The van der Waals surface area contributed by atoms with Gasteiger partial charge in [0.2, 0.25) is 5.91 Å². The van der Waals surface area contributed by atoms with Crippen molar-refractivity contribution < 1.29 is 9.53 Å². The van der Waals surface area contributed by atoms with Crippen molar-refractivity contribution in [1.82, 2.24) is 4.98 Å². The summed E-state index contributed by atoms with van der Waals surface area (Å²) >= 11 is 1.61. The summed E-state index contributed by atoms with van der Waals surface area (Å²) in [7, 11) is 0. The second kappa shape index (κ2) is 8.25. The van der Waals surface area contributed by atoms with Gasteiger partial charge in [0, 0.05) is 6.61 Å². The third-order valence-corrected chi connectivity index (χ3v) is 6.91. The van der Waals surface area contributed by atoms with E-state index in [2.05, 4.69) is 58.0 Å². The predicted octanol–water partition coefficient (Wildman–Crippen LogP) is 5.28. The summed E-state index contributed by atoms with van der Waals surface area (Å²) in [5.74, 6) is 0.0807. The molecule has 2 aromatic carbocycles. The molecule has 1 unspecified atom stereocenters. The number of benzene rings is 2. The fraction of sp³-hybridized carbons (Fsp3) is 0.417. The lowest BCUT2D eigenvalue weighted by atomic mass is 10.0. The maximum atomic E-state index is 13.4. The zero-order valence-corrected chi connectivity index (χ0v) is 18.4. The number of rotatable bonds is 5. The fourth-order valence-electron chi connectivity index (χ4n) is 3.94. The first-order chi connectivity index (χ1) is 13.9. The summed E-state index contributed by atoms with van der Waals surface area (Å²) in [6, 6.07) is 10.5. The van der Waals surface area contributed by atoms with Crippen molar-refractivity contribution in [1.29, 1.82) is 0 Å². The first-order valence-electron chi connectivity index (χ1n) is 10.3. The summed E-state index contributed by atoms with van der Waals surface area (Å²) in [5, 5.41) is 0.776. The van der Waals surface area contributed by atoms with Gasteiger partial charge in [0.05, 0.1) is 29.3 Å². The lowest BCUT2D eigenvalue weighted by molar-refractivity contribution is -0.118. The predicted molar refractivity (Wildman–Crippen MR) is 120 cm³/mol. The molecule has 0 aliphatic carbocycles. The van der Waals surface area contributed by atoms with E-state index in [0.29, 0.717) is 13.0 Å². The smallest absolute Gasteiger partial charge is 0.233 e. The maximum absolute atomic E-state index is 13.4. The minimum absolute atomic E-state index is 0.0807. The highest BCUT2D eigenvalue weighted by Crippen LogP contribution is 2.33. The van der Waals surface area contributed by atoms with E-state index in [1.54, 1.807) is 11.3 Å². The van der Waals surface area contributed by atoms with Gasteiger partial charge in [-0.25, -0.2) is 4.98 Å². The van der Waals surface area contributed by atoms with Crippen LogP contribution >= 0.6 is 11.3 Å². The number of amides is 1. The van der Waals surface area contributed by atoms with Crippen molar-refractivity contribution in [2.45, 2.75) is 53.1 Å². The average molecular weight is 409 g/mol. The van der Waals surface area contributed by atoms with Gasteiger partial charge >= 0.3 is 0 Å². The lowest BCUT2D eigenvalue weighted by Crippen LogP contribution is -2.38. The second-order valence-electron chi connectivity index (χ2n) is 8.16. The van der Waals surface area contributed by atoms with Gasteiger partial charge in [0.15, 0.2) is 5.13 Å². The van der Waals surface area contributed by atoms with Gasteiger partial charge in [0.1, 0.15) is 0 Å². The van der Waals surface area contributed by atoms with Crippen molar-refractivity contribution in [3.63, 3.8) is 0 Å². The molecule has 29 heavy (non-hydrogen) atoms. The van der Waals surface area contributed by atoms with Crippen molar-refractivity contribution in [2.24, 2.45) is 0 Å². The van der Waals surface area contributed by atoms with Crippen LogP contribution in [0.4, 0.5) is 5.13 Å². The van der Waals surface area contributed by atoms with Gasteiger partial charge in [-0.3, -0.25) is 9.69 Å². The largest absolute Gasteiger partial charge is 0.376 e. The van der Waals surface area contributed by atoms with Crippen LogP contribution in [-0.2, 0) is 16.0 Å². The Hall–Kier alpha value is -2.24. The minimum Gasteiger partial charge on any atom is -0.376 e. The molecule has 4 nitrogen and oxygen atoms in total. The van der Waals surface area contributed by atoms with Gasteiger partial charge in [-0.2, -0.15) is 0 Å². The SMILES string of the molecule is Cc1cc(C)c2sc(N(CC3CCCO3)C(=O)Cc3ccc(C)c(C)c3)nc2c1. The zero-order valence-electron chi connectivity index (χ0n) is 17.6. The molecule has 3 aromatic rings. The van der Waals surface area contributed by atoms with Crippen molar-refractivity contribution >= 4 is 32.6 Å². The summed E-state index contributed by atoms with van der Waals surface area (Å²) in [4.78, 5) is 20.1. The van der Waals surface area contributed by atoms with Crippen LogP contribution in [0.25, 0.3) is 10.2 Å². The summed E-state index contributed by atoms with van der Waals surface area (Å²) in [5.41, 5.74) is 6.88. The monoisotopic (exact) mass is 408 g/mol. The number of hydrogen-bond acceptors (Lipinski definition) is 4. The van der Waals surface area contributed by atoms with E-state index in [0.717, 1.165) is 40.4 Å². The van der Waals surface area contributed by atoms with Gasteiger partial charge in [-0.05, 0) is 74.4 Å². The number of aromatic nitrogens is 1. The molecule has 0 spiro atoms. The molecule has 1 saturated heterocycles. The van der Waals surface area contributed by atoms with Crippen LogP contribution in [0.5, 0.6) is 0 Å². The van der Waals surface area contributed by atoms with Gasteiger partial charge in [-0.15, -0.1) is 0 Å². The molecule has 1 fully saturated rings. The van der Waals surface area contributed by atoms with Crippen LogP contribution in [0.15, 0.2) is 30.3 Å². The lowest BCUT2D eigenvalue weighted by Gasteiger charge is -2.23. The molecule has 1 aliphatic rings. The minimum atomic E-state index is 0.0807. The molecular formula is C24H28N2O2S. The van der Waals surface area contributed by atoms with Crippen LogP contribution in [0, 0.1) is 27.7 Å². The number of fused-ring (bicyclic) bond motifs is 1. The van der Waals surface area contributed by atoms with Crippen LogP contribution < -0.4 is 4.90 Å². The molecule has 1 aliphatic heterocycles. The topological polar surface area (TPSA) is 42.4 Å². The number of nitrogens with zero attached hydrogens (tertiary/aromatic N) is 2. The van der Waals surface area contributed by atoms with Crippen LogP contribution in [0.2, 0.25) is 0 Å². The summed E-state index contributed by atoms with van der Waals surface area (Å²) < 4.78 is 6.99. The Bertz CT molecular complexity index is 1050. The number of carbonyl (C=O) groups is 1. The van der Waals surface area contributed by atoms with Crippen molar-refractivity contribution in [3.8, 4) is 0 Å². The maximum Gasteiger partial charge on any atom is 0.233 e. The number of carbonyl (C=O) groups excluding carboxylic acids is 1. The van der Waals surface area contributed by atoms with Crippen molar-refractivity contribution in [2.75, 3.05) is 18.1 Å². The van der Waals surface area contributed by atoms with Crippen LogP contribution in [0.3, 0.4) is 0 Å². The van der Waals surface area contributed by atoms with Crippen molar-refractivity contribution in [3.05, 3.63) is 58.1 Å². The number of aryl methyl sites for hydroxylation is 4. The van der Waals surface area contributed by atoms with Crippen LogP contribution in [-0.4, -0.2) is 30.1 Å². The molecule has 4 rings (SSSR count). The zero-order chi connectivity index (χ0) is 20.5. The van der Waals surface area contributed by atoms with Crippen LogP contribution in [0.1, 0.15) is 40.7 Å². The Kier molecular flexibility index (Phi) is 5.70. The quantitative estimate of drug-likeness (QED) is 0.576. The Morgan fingerprint density at radius 3 is 2.69 bits per heavy atom. The van der Waals surface area contributed by atoms with Gasteiger partial charge in [0.25, 0.3) is 0 Å². The van der Waals surface area contributed by atoms with E-state index in [-0.39, 0.29) is 12.0 Å². The van der Waals surface area contributed by atoms with E-state index in [1.165, 1.54) is 22.3 Å². The number of hydrogen-bond donors (Lipinski definition) is 0.